The predicted octanol–water partition coefficient (Wildman–Crippen LogP) is 4.98. The highest BCUT2D eigenvalue weighted by Gasteiger charge is 2.21. The average Bonchev–Trinajstić information content (AvgIpc) is 2.71. The largest absolute Gasteiger partial charge is 0.480 e. The Bertz CT molecular complexity index is 819. The number of anilines is 2. The van der Waals surface area contributed by atoms with Crippen LogP contribution in [0, 0.1) is 0 Å². The molecular weight excluding hydrogens is 352 g/mol. The van der Waals surface area contributed by atoms with E-state index in [1.807, 2.05) is 37.3 Å². The Labute approximate surface area is 167 Å². The predicted molar refractivity (Wildman–Crippen MR) is 114 cm³/mol. The summed E-state index contributed by atoms with van der Waals surface area (Å²) in [7, 11) is 1.70. The molecule has 0 saturated carbocycles. The van der Waals surface area contributed by atoms with Gasteiger partial charge in [-0.05, 0) is 48.6 Å². The summed E-state index contributed by atoms with van der Waals surface area (Å²) < 4.78 is 6.09. The molecule has 0 bridgehead atoms. The van der Waals surface area contributed by atoms with E-state index in [9.17, 15) is 9.59 Å². The smallest absolute Gasteiger partial charge is 0.265 e. The van der Waals surface area contributed by atoms with Crippen LogP contribution in [0.25, 0.3) is 0 Å². The first-order chi connectivity index (χ1) is 13.4. The van der Waals surface area contributed by atoms with Crippen LogP contribution < -0.4 is 15.0 Å². The minimum Gasteiger partial charge on any atom is -0.480 e. The number of ether oxygens (including phenoxy) is 1. The van der Waals surface area contributed by atoms with E-state index in [-0.39, 0.29) is 11.8 Å². The summed E-state index contributed by atoms with van der Waals surface area (Å²) >= 11 is 0. The second-order valence-electron chi connectivity index (χ2n) is 6.98. The lowest BCUT2D eigenvalue weighted by Gasteiger charge is -2.22. The number of amides is 2. The van der Waals surface area contributed by atoms with Crippen molar-refractivity contribution in [1.82, 2.24) is 0 Å². The Kier molecular flexibility index (Phi) is 7.61. The molecule has 0 fully saturated rings. The summed E-state index contributed by atoms with van der Waals surface area (Å²) in [5.41, 5.74) is 2.47. The molecule has 5 nitrogen and oxygen atoms in total. The molecule has 2 atom stereocenters. The zero-order valence-electron chi connectivity index (χ0n) is 17.4. The van der Waals surface area contributed by atoms with Gasteiger partial charge in [-0.1, -0.05) is 45.0 Å². The van der Waals surface area contributed by atoms with Crippen LogP contribution in [0.3, 0.4) is 0 Å². The normalized spacial score (nSPS) is 12.8. The summed E-state index contributed by atoms with van der Waals surface area (Å²) in [6.45, 7) is 7.72. The van der Waals surface area contributed by atoms with E-state index in [2.05, 4.69) is 25.2 Å². The monoisotopic (exact) mass is 382 g/mol. The van der Waals surface area contributed by atoms with E-state index >= 15 is 0 Å². The van der Waals surface area contributed by atoms with Crippen molar-refractivity contribution in [1.29, 1.82) is 0 Å². The number of benzene rings is 2. The fourth-order valence-corrected chi connectivity index (χ4v) is 2.89. The van der Waals surface area contributed by atoms with Crippen molar-refractivity contribution in [3.05, 3.63) is 54.1 Å². The molecule has 0 aliphatic heterocycles. The minimum absolute atomic E-state index is 0.0695. The summed E-state index contributed by atoms with van der Waals surface area (Å²) in [6, 6.07) is 15.1. The van der Waals surface area contributed by atoms with Crippen LogP contribution >= 0.6 is 0 Å². The van der Waals surface area contributed by atoms with Gasteiger partial charge >= 0.3 is 0 Å². The highest BCUT2D eigenvalue weighted by atomic mass is 16.5. The maximum atomic E-state index is 12.8. The van der Waals surface area contributed by atoms with Gasteiger partial charge in [0.05, 0.1) is 0 Å². The zero-order chi connectivity index (χ0) is 20.7. The molecular formula is C23H30N2O3. The fourth-order valence-electron chi connectivity index (χ4n) is 2.89. The number of carbonyl (C=O) groups is 2. The molecule has 0 aliphatic rings. The zero-order valence-corrected chi connectivity index (χ0v) is 17.4. The van der Waals surface area contributed by atoms with Crippen LogP contribution in [0.5, 0.6) is 5.75 Å². The molecule has 0 heterocycles. The van der Waals surface area contributed by atoms with E-state index in [1.54, 1.807) is 19.2 Å². The molecule has 150 valence electrons. The SMILES string of the molecule is CCC(Oc1ccccc1C(C)CC)C(=O)Nc1cccc(N(C)C(C)=O)c1. The van der Waals surface area contributed by atoms with Crippen molar-refractivity contribution in [2.45, 2.75) is 52.6 Å². The Morgan fingerprint density at radius 3 is 2.43 bits per heavy atom. The Balaban J connectivity index is 2.15. The van der Waals surface area contributed by atoms with Gasteiger partial charge in [0.15, 0.2) is 6.10 Å². The summed E-state index contributed by atoms with van der Waals surface area (Å²) in [4.78, 5) is 25.9. The van der Waals surface area contributed by atoms with Crippen molar-refractivity contribution in [3.8, 4) is 5.75 Å². The molecule has 28 heavy (non-hydrogen) atoms. The van der Waals surface area contributed by atoms with Crippen LogP contribution in [0.15, 0.2) is 48.5 Å². The Morgan fingerprint density at radius 1 is 1.07 bits per heavy atom. The third kappa shape index (κ3) is 5.35. The van der Waals surface area contributed by atoms with Crippen LogP contribution in [0.2, 0.25) is 0 Å². The first kappa shape index (κ1) is 21.5. The highest BCUT2D eigenvalue weighted by Crippen LogP contribution is 2.29. The molecule has 2 aromatic carbocycles. The van der Waals surface area contributed by atoms with Crippen molar-refractivity contribution in [3.63, 3.8) is 0 Å². The summed E-state index contributed by atoms with van der Waals surface area (Å²) in [6.07, 6.45) is 0.951. The molecule has 2 amide bonds. The first-order valence-corrected chi connectivity index (χ1v) is 9.78. The van der Waals surface area contributed by atoms with Gasteiger partial charge in [-0.3, -0.25) is 9.59 Å². The molecule has 0 spiro atoms. The van der Waals surface area contributed by atoms with Crippen LogP contribution in [0.1, 0.15) is 52.0 Å². The molecule has 2 aromatic rings. The van der Waals surface area contributed by atoms with Gasteiger partial charge < -0.3 is 15.0 Å². The van der Waals surface area contributed by atoms with E-state index in [0.29, 0.717) is 18.0 Å². The lowest BCUT2D eigenvalue weighted by atomic mass is 9.98. The third-order valence-corrected chi connectivity index (χ3v) is 4.97. The number of nitrogens with zero attached hydrogens (tertiary/aromatic N) is 1. The van der Waals surface area contributed by atoms with Gasteiger partial charge in [0.2, 0.25) is 5.91 Å². The molecule has 0 aliphatic carbocycles. The maximum absolute atomic E-state index is 12.8. The topological polar surface area (TPSA) is 58.6 Å². The first-order valence-electron chi connectivity index (χ1n) is 9.78. The maximum Gasteiger partial charge on any atom is 0.265 e. The molecule has 2 rings (SSSR count). The average molecular weight is 383 g/mol. The molecule has 2 unspecified atom stereocenters. The third-order valence-electron chi connectivity index (χ3n) is 4.97. The van der Waals surface area contributed by atoms with Gasteiger partial charge in [0.25, 0.3) is 5.91 Å². The number of carbonyl (C=O) groups excluding carboxylic acids is 2. The number of para-hydroxylation sites is 1. The van der Waals surface area contributed by atoms with E-state index in [1.165, 1.54) is 11.8 Å². The number of hydrogen-bond donors (Lipinski definition) is 1. The van der Waals surface area contributed by atoms with E-state index < -0.39 is 6.10 Å². The standard InChI is InChI=1S/C23H30N2O3/c1-6-16(3)20-13-8-9-14-22(20)28-21(7-2)23(27)24-18-11-10-12-19(15-18)25(5)17(4)26/h8-16,21H,6-7H2,1-5H3,(H,24,27). The second kappa shape index (κ2) is 9.93. The van der Waals surface area contributed by atoms with Gasteiger partial charge in [-0.2, -0.15) is 0 Å². The Hall–Kier alpha value is -2.82. The Morgan fingerprint density at radius 2 is 1.79 bits per heavy atom. The van der Waals surface area contributed by atoms with Crippen molar-refractivity contribution in [2.75, 3.05) is 17.3 Å². The minimum atomic E-state index is -0.598. The van der Waals surface area contributed by atoms with Gasteiger partial charge in [-0.15, -0.1) is 0 Å². The van der Waals surface area contributed by atoms with Gasteiger partial charge in [0.1, 0.15) is 5.75 Å². The molecule has 1 N–H and O–H groups in total. The lowest BCUT2D eigenvalue weighted by Crippen LogP contribution is -2.32. The van der Waals surface area contributed by atoms with E-state index in [0.717, 1.165) is 23.4 Å². The number of nitrogens with one attached hydrogen (secondary N) is 1. The van der Waals surface area contributed by atoms with Crippen molar-refractivity contribution >= 4 is 23.2 Å². The van der Waals surface area contributed by atoms with Crippen LogP contribution in [-0.2, 0) is 9.59 Å². The van der Waals surface area contributed by atoms with Crippen molar-refractivity contribution < 1.29 is 14.3 Å². The highest BCUT2D eigenvalue weighted by molar-refractivity contribution is 5.96. The van der Waals surface area contributed by atoms with Crippen LogP contribution in [0.4, 0.5) is 11.4 Å². The van der Waals surface area contributed by atoms with Crippen LogP contribution in [-0.4, -0.2) is 25.0 Å². The number of hydrogen-bond acceptors (Lipinski definition) is 3. The molecule has 5 heteroatoms. The lowest BCUT2D eigenvalue weighted by molar-refractivity contribution is -0.122. The quantitative estimate of drug-likeness (QED) is 0.700. The number of rotatable bonds is 8. The van der Waals surface area contributed by atoms with Gasteiger partial charge in [0, 0.05) is 25.3 Å². The van der Waals surface area contributed by atoms with Crippen molar-refractivity contribution in [2.24, 2.45) is 0 Å². The van der Waals surface area contributed by atoms with E-state index in [4.69, 9.17) is 4.74 Å². The molecule has 0 radical (unpaired) electrons. The molecule has 0 saturated heterocycles. The van der Waals surface area contributed by atoms with Gasteiger partial charge in [-0.25, -0.2) is 0 Å². The second-order valence-corrected chi connectivity index (χ2v) is 6.98. The fraction of sp³-hybridized carbons (Fsp3) is 0.391. The molecule has 0 aromatic heterocycles. The summed E-state index contributed by atoms with van der Waals surface area (Å²) in [5, 5.41) is 2.91. The summed E-state index contributed by atoms with van der Waals surface area (Å²) in [5.74, 6) is 0.837.